The molecule has 1 atom stereocenters. The fourth-order valence-corrected chi connectivity index (χ4v) is 3.26. The number of fused-ring (bicyclic) bond motifs is 4. The Morgan fingerprint density at radius 3 is 1.95 bits per heavy atom. The Labute approximate surface area is 114 Å². The summed E-state index contributed by atoms with van der Waals surface area (Å²) in [4.78, 5) is 0. The van der Waals surface area contributed by atoms with Gasteiger partial charge in [0.25, 0.3) is 0 Å². The average molecular weight is 260 g/mol. The molecule has 4 aromatic rings. The zero-order valence-electron chi connectivity index (χ0n) is 10.4. The summed E-state index contributed by atoms with van der Waals surface area (Å²) < 4.78 is 0. The standard InChI is InChI=1S/C18H13P/c19-18-11-14-9-12-5-1-2-6-13(12)10-17(14)15-7-3-4-8-16(15)18/h1-11H,19H2. The van der Waals surface area contributed by atoms with E-state index in [4.69, 9.17) is 0 Å². The molecule has 0 saturated heterocycles. The van der Waals surface area contributed by atoms with Gasteiger partial charge in [-0.1, -0.05) is 48.5 Å². The molecule has 0 aliphatic rings. The van der Waals surface area contributed by atoms with Crippen LogP contribution in [-0.2, 0) is 0 Å². The maximum absolute atomic E-state index is 2.85. The van der Waals surface area contributed by atoms with E-state index >= 15 is 0 Å². The van der Waals surface area contributed by atoms with E-state index in [2.05, 4.69) is 76.0 Å². The molecule has 0 bridgehead atoms. The normalized spacial score (nSPS) is 11.4. The highest BCUT2D eigenvalue weighted by Gasteiger charge is 2.04. The van der Waals surface area contributed by atoms with Gasteiger partial charge in [0, 0.05) is 0 Å². The fourth-order valence-electron chi connectivity index (χ4n) is 2.83. The minimum Gasteiger partial charge on any atom is -0.105 e. The van der Waals surface area contributed by atoms with Crippen molar-refractivity contribution in [1.82, 2.24) is 0 Å². The van der Waals surface area contributed by atoms with Crippen LogP contribution < -0.4 is 5.30 Å². The highest BCUT2D eigenvalue weighted by molar-refractivity contribution is 7.28. The first-order valence-electron chi connectivity index (χ1n) is 6.43. The van der Waals surface area contributed by atoms with Crippen LogP contribution in [0.15, 0.2) is 66.7 Å². The van der Waals surface area contributed by atoms with Crippen molar-refractivity contribution in [3.8, 4) is 0 Å². The van der Waals surface area contributed by atoms with Crippen molar-refractivity contribution in [3.05, 3.63) is 66.7 Å². The van der Waals surface area contributed by atoms with Crippen molar-refractivity contribution < 1.29 is 0 Å². The molecule has 0 aliphatic carbocycles. The molecule has 0 nitrogen and oxygen atoms in total. The number of benzene rings is 4. The summed E-state index contributed by atoms with van der Waals surface area (Å²) in [5, 5.41) is 9.15. The zero-order valence-corrected chi connectivity index (χ0v) is 11.6. The molecule has 1 heteroatoms. The second kappa shape index (κ2) is 4.05. The molecule has 19 heavy (non-hydrogen) atoms. The number of hydrogen-bond acceptors (Lipinski definition) is 0. The average Bonchev–Trinajstić information content (AvgIpc) is 2.46. The Bertz CT molecular complexity index is 922. The van der Waals surface area contributed by atoms with Gasteiger partial charge in [-0.3, -0.25) is 0 Å². The maximum atomic E-state index is 2.85. The third-order valence-electron chi connectivity index (χ3n) is 3.76. The fraction of sp³-hybridized carbons (Fsp3) is 0. The molecule has 0 fully saturated rings. The highest BCUT2D eigenvalue weighted by atomic mass is 31.0. The zero-order chi connectivity index (χ0) is 12.8. The highest BCUT2D eigenvalue weighted by Crippen LogP contribution is 2.29. The number of hydrogen-bond donors (Lipinski definition) is 0. The van der Waals surface area contributed by atoms with Crippen molar-refractivity contribution in [2.24, 2.45) is 0 Å². The van der Waals surface area contributed by atoms with Gasteiger partial charge in [-0.05, 0) is 55.8 Å². The topological polar surface area (TPSA) is 0 Å². The monoisotopic (exact) mass is 260 g/mol. The van der Waals surface area contributed by atoms with E-state index < -0.39 is 0 Å². The maximum Gasteiger partial charge on any atom is -0.00986 e. The molecule has 0 aromatic heterocycles. The minimum absolute atomic E-state index is 1.26. The lowest BCUT2D eigenvalue weighted by Crippen LogP contribution is -1.93. The lowest BCUT2D eigenvalue weighted by atomic mass is 9.98. The van der Waals surface area contributed by atoms with Crippen LogP contribution in [-0.4, -0.2) is 0 Å². The van der Waals surface area contributed by atoms with E-state index in [0.717, 1.165) is 0 Å². The summed E-state index contributed by atoms with van der Waals surface area (Å²) in [5.41, 5.74) is 0. The van der Waals surface area contributed by atoms with Gasteiger partial charge in [0.15, 0.2) is 0 Å². The molecule has 4 aromatic carbocycles. The minimum atomic E-state index is 1.26. The van der Waals surface area contributed by atoms with Gasteiger partial charge in [-0.25, -0.2) is 0 Å². The van der Waals surface area contributed by atoms with Gasteiger partial charge in [0.1, 0.15) is 0 Å². The van der Waals surface area contributed by atoms with E-state index in [1.165, 1.54) is 37.6 Å². The molecular weight excluding hydrogens is 247 g/mol. The van der Waals surface area contributed by atoms with Crippen LogP contribution in [0, 0.1) is 0 Å². The number of rotatable bonds is 0. The molecule has 4 rings (SSSR count). The third-order valence-corrected chi connectivity index (χ3v) is 4.23. The van der Waals surface area contributed by atoms with Crippen molar-refractivity contribution in [2.45, 2.75) is 0 Å². The molecule has 0 saturated carbocycles. The summed E-state index contributed by atoms with van der Waals surface area (Å²) in [6.07, 6.45) is 0. The Balaban J connectivity index is 2.29. The Hall–Kier alpha value is -1.91. The molecule has 1 unspecified atom stereocenters. The van der Waals surface area contributed by atoms with E-state index in [-0.39, 0.29) is 0 Å². The summed E-state index contributed by atoms with van der Waals surface area (Å²) in [5.74, 6) is 0. The molecule has 0 aliphatic heterocycles. The van der Waals surface area contributed by atoms with Gasteiger partial charge in [0.2, 0.25) is 0 Å². The van der Waals surface area contributed by atoms with Crippen molar-refractivity contribution in [1.29, 1.82) is 0 Å². The van der Waals surface area contributed by atoms with Crippen molar-refractivity contribution in [3.63, 3.8) is 0 Å². The quantitative estimate of drug-likeness (QED) is 0.245. The smallest absolute Gasteiger partial charge is 0.00986 e. The molecule has 0 heterocycles. The van der Waals surface area contributed by atoms with Crippen LogP contribution >= 0.6 is 9.24 Å². The second-order valence-corrected chi connectivity index (χ2v) is 5.55. The first-order chi connectivity index (χ1) is 9.33. The Kier molecular flexibility index (Phi) is 2.33. The van der Waals surface area contributed by atoms with Gasteiger partial charge in [-0.2, -0.15) is 0 Å². The van der Waals surface area contributed by atoms with Gasteiger partial charge >= 0.3 is 0 Å². The first kappa shape index (κ1) is 11.0. The van der Waals surface area contributed by atoms with E-state index in [1.807, 2.05) is 0 Å². The largest absolute Gasteiger partial charge is 0.105 e. The lowest BCUT2D eigenvalue weighted by molar-refractivity contribution is 1.79. The van der Waals surface area contributed by atoms with Crippen LogP contribution in [0.4, 0.5) is 0 Å². The first-order valence-corrected chi connectivity index (χ1v) is 7.00. The molecule has 0 spiro atoms. The Morgan fingerprint density at radius 2 is 1.16 bits per heavy atom. The predicted molar refractivity (Wildman–Crippen MR) is 88.3 cm³/mol. The van der Waals surface area contributed by atoms with E-state index in [9.17, 15) is 0 Å². The van der Waals surface area contributed by atoms with Crippen LogP contribution in [0.1, 0.15) is 0 Å². The SMILES string of the molecule is Pc1cc2cc3ccccc3cc2c2ccccc12. The summed E-state index contributed by atoms with van der Waals surface area (Å²) in [6, 6.07) is 24.0. The van der Waals surface area contributed by atoms with Crippen LogP contribution in [0.2, 0.25) is 0 Å². The van der Waals surface area contributed by atoms with Crippen molar-refractivity contribution >= 4 is 46.9 Å². The van der Waals surface area contributed by atoms with Crippen LogP contribution in [0.25, 0.3) is 32.3 Å². The van der Waals surface area contributed by atoms with E-state index in [0.29, 0.717) is 0 Å². The predicted octanol–water partition coefficient (Wildman–Crippen LogP) is 4.65. The van der Waals surface area contributed by atoms with Crippen LogP contribution in [0.5, 0.6) is 0 Å². The van der Waals surface area contributed by atoms with Gasteiger partial charge < -0.3 is 0 Å². The second-order valence-electron chi connectivity index (χ2n) is 4.93. The lowest BCUT2D eigenvalue weighted by Gasteiger charge is -2.08. The molecule has 0 radical (unpaired) electrons. The van der Waals surface area contributed by atoms with Crippen molar-refractivity contribution in [2.75, 3.05) is 0 Å². The molecular formula is C18H13P. The molecule has 90 valence electrons. The van der Waals surface area contributed by atoms with E-state index in [1.54, 1.807) is 0 Å². The van der Waals surface area contributed by atoms with Crippen LogP contribution in [0.3, 0.4) is 0 Å². The molecule has 0 amide bonds. The van der Waals surface area contributed by atoms with Gasteiger partial charge in [0.05, 0.1) is 0 Å². The Morgan fingerprint density at radius 1 is 0.526 bits per heavy atom. The summed E-state index contributed by atoms with van der Waals surface area (Å²) in [6.45, 7) is 0. The summed E-state index contributed by atoms with van der Waals surface area (Å²) in [7, 11) is 2.85. The molecule has 0 N–H and O–H groups in total. The third kappa shape index (κ3) is 1.64. The van der Waals surface area contributed by atoms with Gasteiger partial charge in [-0.15, -0.1) is 9.24 Å². The summed E-state index contributed by atoms with van der Waals surface area (Å²) >= 11 is 0.